The van der Waals surface area contributed by atoms with E-state index in [-0.39, 0.29) is 17.9 Å². The summed E-state index contributed by atoms with van der Waals surface area (Å²) < 4.78 is 39.7. The van der Waals surface area contributed by atoms with Gasteiger partial charge in [-0.3, -0.25) is 0 Å². The summed E-state index contributed by atoms with van der Waals surface area (Å²) in [7, 11) is 0. The maximum Gasteiger partial charge on any atom is 0.157 e. The lowest BCUT2D eigenvalue weighted by atomic mass is 10.00. The van der Waals surface area contributed by atoms with Gasteiger partial charge in [-0.1, -0.05) is 37.6 Å². The molecule has 0 bridgehead atoms. The highest BCUT2D eigenvalue weighted by atomic mass is 19.1. The molecule has 3 rings (SSSR count). The summed E-state index contributed by atoms with van der Waals surface area (Å²) >= 11 is 0. The number of hydrogen-bond acceptors (Lipinski definition) is 2. The lowest BCUT2D eigenvalue weighted by Crippen LogP contribution is -2.32. The fourth-order valence-electron chi connectivity index (χ4n) is 3.32. The first kappa shape index (κ1) is 19.0. The molecule has 1 aliphatic heterocycles. The maximum atomic E-state index is 14.5. The number of rotatable bonds is 6. The Morgan fingerprint density at radius 1 is 0.962 bits per heavy atom. The van der Waals surface area contributed by atoms with Gasteiger partial charge >= 0.3 is 0 Å². The van der Waals surface area contributed by atoms with E-state index in [1.807, 2.05) is 6.07 Å². The van der Waals surface area contributed by atoms with Gasteiger partial charge in [-0.15, -0.1) is 0 Å². The first-order chi connectivity index (χ1) is 12.6. The van der Waals surface area contributed by atoms with Crippen LogP contribution in [0.15, 0.2) is 36.4 Å². The Bertz CT molecular complexity index is 737. The third-order valence-electron chi connectivity index (χ3n) is 4.92. The number of ether oxygens (including phenoxy) is 2. The van der Waals surface area contributed by atoms with Gasteiger partial charge in [0.1, 0.15) is 11.6 Å². The van der Waals surface area contributed by atoms with Crippen LogP contribution >= 0.6 is 0 Å². The third kappa shape index (κ3) is 4.68. The average molecular weight is 360 g/mol. The quantitative estimate of drug-likeness (QED) is 0.661. The van der Waals surface area contributed by atoms with Gasteiger partial charge < -0.3 is 9.47 Å². The Labute approximate surface area is 154 Å². The Kier molecular flexibility index (Phi) is 6.38. The molecule has 0 spiro atoms. The highest BCUT2D eigenvalue weighted by Gasteiger charge is 2.21. The second-order valence-electron chi connectivity index (χ2n) is 7.07. The molecule has 2 nitrogen and oxygen atoms in total. The van der Waals surface area contributed by atoms with Crippen molar-refractivity contribution in [2.75, 3.05) is 13.2 Å². The van der Waals surface area contributed by atoms with Crippen molar-refractivity contribution in [1.82, 2.24) is 0 Å². The van der Waals surface area contributed by atoms with E-state index >= 15 is 0 Å². The molecule has 26 heavy (non-hydrogen) atoms. The van der Waals surface area contributed by atoms with Gasteiger partial charge in [0.2, 0.25) is 0 Å². The Morgan fingerprint density at radius 3 is 2.38 bits per heavy atom. The highest BCUT2D eigenvalue weighted by Crippen LogP contribution is 2.26. The van der Waals surface area contributed by atoms with E-state index in [0.29, 0.717) is 35.4 Å². The number of hydrogen-bond donors (Lipinski definition) is 0. The van der Waals surface area contributed by atoms with E-state index in [1.54, 1.807) is 25.1 Å². The van der Waals surface area contributed by atoms with Gasteiger partial charge in [-0.25, -0.2) is 8.78 Å². The van der Waals surface area contributed by atoms with Crippen LogP contribution in [0, 0.1) is 24.5 Å². The van der Waals surface area contributed by atoms with Crippen molar-refractivity contribution in [2.24, 2.45) is 5.92 Å². The summed E-state index contributed by atoms with van der Waals surface area (Å²) in [6, 6.07) is 9.92. The van der Waals surface area contributed by atoms with Crippen molar-refractivity contribution in [2.45, 2.75) is 45.8 Å². The zero-order valence-corrected chi connectivity index (χ0v) is 15.4. The van der Waals surface area contributed by atoms with E-state index in [2.05, 4.69) is 6.92 Å². The first-order valence-electron chi connectivity index (χ1n) is 9.35. The average Bonchev–Trinajstić information content (AvgIpc) is 2.64. The van der Waals surface area contributed by atoms with Crippen LogP contribution in [0.4, 0.5) is 8.78 Å². The first-order valence-corrected chi connectivity index (χ1v) is 9.35. The number of halogens is 2. The minimum atomic E-state index is -0.334. The molecule has 1 heterocycles. The van der Waals surface area contributed by atoms with Crippen molar-refractivity contribution in [3.63, 3.8) is 0 Å². The molecule has 0 unspecified atom stereocenters. The van der Waals surface area contributed by atoms with Gasteiger partial charge in [0.25, 0.3) is 0 Å². The second-order valence-corrected chi connectivity index (χ2v) is 7.07. The molecule has 0 atom stereocenters. The van der Waals surface area contributed by atoms with Gasteiger partial charge in [-0.05, 0) is 48.6 Å². The standard InChI is InChI=1S/C22H26F2O2/c1-3-4-17-13-25-22(26-14-17)10-7-16-6-9-19(21(24)11-16)18-8-5-15(2)20(23)12-18/h5-6,8-9,11-12,17,22H,3-4,7,10,13-14H2,1-2H3. The van der Waals surface area contributed by atoms with Crippen LogP contribution in [-0.2, 0) is 15.9 Å². The number of aryl methyl sites for hydroxylation is 2. The molecular formula is C22H26F2O2. The van der Waals surface area contributed by atoms with Crippen LogP contribution in [-0.4, -0.2) is 19.5 Å². The summed E-state index contributed by atoms with van der Waals surface area (Å²) in [5, 5.41) is 0. The van der Waals surface area contributed by atoms with Gasteiger partial charge in [0.05, 0.1) is 13.2 Å². The van der Waals surface area contributed by atoms with E-state index in [1.165, 1.54) is 12.1 Å². The smallest absolute Gasteiger partial charge is 0.157 e. The van der Waals surface area contributed by atoms with Crippen LogP contribution < -0.4 is 0 Å². The minimum Gasteiger partial charge on any atom is -0.352 e. The van der Waals surface area contributed by atoms with E-state index in [4.69, 9.17) is 9.47 Å². The lowest BCUT2D eigenvalue weighted by Gasteiger charge is -2.29. The molecule has 0 amide bonds. The molecule has 0 radical (unpaired) electrons. The molecule has 1 aliphatic rings. The second kappa shape index (κ2) is 8.74. The van der Waals surface area contributed by atoms with Crippen LogP contribution in [0.1, 0.15) is 37.3 Å². The zero-order valence-electron chi connectivity index (χ0n) is 15.4. The molecule has 0 aromatic heterocycles. The van der Waals surface area contributed by atoms with Crippen molar-refractivity contribution < 1.29 is 18.3 Å². The van der Waals surface area contributed by atoms with Gasteiger partial charge in [0, 0.05) is 17.9 Å². The SMILES string of the molecule is CCCC1COC(CCc2ccc(-c3ccc(C)c(F)c3)c(F)c2)OC1. The van der Waals surface area contributed by atoms with Crippen LogP contribution in [0.2, 0.25) is 0 Å². The monoisotopic (exact) mass is 360 g/mol. The Hall–Kier alpha value is -1.78. The van der Waals surface area contributed by atoms with Crippen molar-refractivity contribution in [3.05, 3.63) is 59.2 Å². The Balaban J connectivity index is 1.59. The molecule has 0 saturated carbocycles. The van der Waals surface area contributed by atoms with Crippen molar-refractivity contribution in [1.29, 1.82) is 0 Å². The zero-order chi connectivity index (χ0) is 18.5. The Morgan fingerprint density at radius 2 is 1.73 bits per heavy atom. The molecule has 0 aliphatic carbocycles. The fourth-order valence-corrected chi connectivity index (χ4v) is 3.32. The number of benzene rings is 2. The predicted molar refractivity (Wildman–Crippen MR) is 98.9 cm³/mol. The van der Waals surface area contributed by atoms with Crippen LogP contribution in [0.3, 0.4) is 0 Å². The fraction of sp³-hybridized carbons (Fsp3) is 0.455. The summed E-state index contributed by atoms with van der Waals surface area (Å²) in [5.41, 5.74) is 2.42. The summed E-state index contributed by atoms with van der Waals surface area (Å²) in [5.74, 6) is -0.166. The van der Waals surface area contributed by atoms with Crippen molar-refractivity contribution >= 4 is 0 Å². The molecule has 2 aromatic rings. The van der Waals surface area contributed by atoms with Crippen LogP contribution in [0.25, 0.3) is 11.1 Å². The largest absolute Gasteiger partial charge is 0.352 e. The van der Waals surface area contributed by atoms with Crippen LogP contribution in [0.5, 0.6) is 0 Å². The molecule has 140 valence electrons. The lowest BCUT2D eigenvalue weighted by molar-refractivity contribution is -0.203. The van der Waals surface area contributed by atoms with Gasteiger partial charge in [-0.2, -0.15) is 0 Å². The summed E-state index contributed by atoms with van der Waals surface area (Å²) in [4.78, 5) is 0. The van der Waals surface area contributed by atoms with E-state index in [9.17, 15) is 8.78 Å². The highest BCUT2D eigenvalue weighted by molar-refractivity contribution is 5.65. The third-order valence-corrected chi connectivity index (χ3v) is 4.92. The molecule has 2 aromatic carbocycles. The molecule has 4 heteroatoms. The van der Waals surface area contributed by atoms with E-state index in [0.717, 1.165) is 31.6 Å². The summed E-state index contributed by atoms with van der Waals surface area (Å²) in [6.07, 6.45) is 3.44. The molecular weight excluding hydrogens is 334 g/mol. The topological polar surface area (TPSA) is 18.5 Å². The predicted octanol–water partition coefficient (Wildman–Crippen LogP) is 5.66. The van der Waals surface area contributed by atoms with Crippen molar-refractivity contribution in [3.8, 4) is 11.1 Å². The normalized spacial score (nSPS) is 20.3. The molecule has 0 N–H and O–H groups in total. The van der Waals surface area contributed by atoms with Gasteiger partial charge in [0.15, 0.2) is 6.29 Å². The molecule has 1 saturated heterocycles. The minimum absolute atomic E-state index is 0.211. The van der Waals surface area contributed by atoms with E-state index < -0.39 is 0 Å². The molecule has 1 fully saturated rings. The maximum absolute atomic E-state index is 14.5. The summed E-state index contributed by atoms with van der Waals surface area (Å²) in [6.45, 7) is 5.34.